The Morgan fingerprint density at radius 2 is 1.90 bits per heavy atom. The molecule has 0 spiro atoms. The molecule has 212 valence electrons. The number of hydrogen-bond donors (Lipinski definition) is 0. The van der Waals surface area contributed by atoms with Crippen LogP contribution >= 0.6 is 0 Å². The van der Waals surface area contributed by atoms with Crippen molar-refractivity contribution in [1.29, 1.82) is 0 Å². The summed E-state index contributed by atoms with van der Waals surface area (Å²) < 4.78 is 26.8. The Bertz CT molecular complexity index is 1370. The van der Waals surface area contributed by atoms with Crippen molar-refractivity contribution in [2.75, 3.05) is 20.2 Å². The van der Waals surface area contributed by atoms with Crippen molar-refractivity contribution in [2.24, 2.45) is 11.8 Å². The second-order valence-corrected chi connectivity index (χ2v) is 11.2. The van der Waals surface area contributed by atoms with Gasteiger partial charge in [-0.05, 0) is 80.8 Å². The largest absolute Gasteiger partial charge is 0.484 e. The lowest BCUT2D eigenvalue weighted by atomic mass is 9.80. The number of Topliss-reactive ketones (excluding diaryl/α,β-unsaturated/α-hetero) is 1. The number of benzene rings is 1. The van der Waals surface area contributed by atoms with Crippen molar-refractivity contribution in [3.63, 3.8) is 0 Å². The molecule has 1 fully saturated rings. The van der Waals surface area contributed by atoms with Gasteiger partial charge < -0.3 is 9.47 Å². The van der Waals surface area contributed by atoms with Crippen LogP contribution < -0.4 is 9.47 Å². The van der Waals surface area contributed by atoms with Gasteiger partial charge in [-0.15, -0.1) is 0 Å². The number of rotatable bonds is 11. The van der Waals surface area contributed by atoms with E-state index >= 15 is 0 Å². The van der Waals surface area contributed by atoms with Gasteiger partial charge in [-0.3, -0.25) is 14.7 Å². The van der Waals surface area contributed by atoms with Gasteiger partial charge in [0.05, 0.1) is 24.7 Å². The number of carbonyl (C=O) groups excluding carboxylic acids is 1. The van der Waals surface area contributed by atoms with Crippen molar-refractivity contribution in [1.82, 2.24) is 14.9 Å². The van der Waals surface area contributed by atoms with Crippen molar-refractivity contribution in [2.45, 2.75) is 71.9 Å². The van der Waals surface area contributed by atoms with Crippen molar-refractivity contribution >= 4 is 5.78 Å². The van der Waals surface area contributed by atoms with Crippen molar-refractivity contribution in [3.05, 3.63) is 70.9 Å². The monoisotopic (exact) mass is 545 g/mol. The Morgan fingerprint density at radius 3 is 2.58 bits per heavy atom. The van der Waals surface area contributed by atoms with E-state index in [9.17, 15) is 9.18 Å². The number of halogens is 1. The highest BCUT2D eigenvalue weighted by Crippen LogP contribution is 2.48. The predicted molar refractivity (Wildman–Crippen MR) is 154 cm³/mol. The summed E-state index contributed by atoms with van der Waals surface area (Å²) in [6.07, 6.45) is 5.06. The van der Waals surface area contributed by atoms with Gasteiger partial charge in [0.1, 0.15) is 23.5 Å². The fraction of sp³-hybridized carbons (Fsp3) is 0.485. The van der Waals surface area contributed by atoms with Crippen molar-refractivity contribution < 1.29 is 18.7 Å². The molecular formula is C33H40FN3O3. The average Bonchev–Trinajstić information content (AvgIpc) is 3.81. The maximum Gasteiger partial charge on any atom is 0.213 e. The molecule has 1 saturated carbocycles. The number of fused-ring (bicyclic) bond motifs is 1. The molecule has 5 rings (SSSR count). The highest BCUT2D eigenvalue weighted by Gasteiger charge is 2.38. The summed E-state index contributed by atoms with van der Waals surface area (Å²) in [7, 11) is 1.53. The van der Waals surface area contributed by atoms with Crippen molar-refractivity contribution in [3.8, 4) is 22.8 Å². The summed E-state index contributed by atoms with van der Waals surface area (Å²) in [5.74, 6) is 1.88. The summed E-state index contributed by atoms with van der Waals surface area (Å²) in [5.41, 5.74) is 5.20. The van der Waals surface area contributed by atoms with Gasteiger partial charge in [-0.2, -0.15) is 0 Å². The van der Waals surface area contributed by atoms with E-state index < -0.39 is 5.82 Å². The molecule has 1 aliphatic carbocycles. The second-order valence-electron chi connectivity index (χ2n) is 11.2. The minimum Gasteiger partial charge on any atom is -0.484 e. The Hall–Kier alpha value is -3.32. The molecule has 3 heterocycles. The van der Waals surface area contributed by atoms with Crippen LogP contribution in [0.1, 0.15) is 81.5 Å². The fourth-order valence-electron chi connectivity index (χ4n) is 5.94. The second kappa shape index (κ2) is 12.0. The highest BCUT2D eigenvalue weighted by atomic mass is 19.1. The Balaban J connectivity index is 1.47. The van der Waals surface area contributed by atoms with Gasteiger partial charge in [0, 0.05) is 29.7 Å². The lowest BCUT2D eigenvalue weighted by Crippen LogP contribution is -2.24. The molecule has 3 aromatic rings. The molecule has 7 heteroatoms. The van der Waals surface area contributed by atoms with Crippen LogP contribution in [0.25, 0.3) is 11.1 Å². The molecule has 6 nitrogen and oxygen atoms in total. The summed E-state index contributed by atoms with van der Waals surface area (Å²) in [6, 6.07) is 12.1. The zero-order valence-corrected chi connectivity index (χ0v) is 24.2. The quantitative estimate of drug-likeness (QED) is 0.261. The van der Waals surface area contributed by atoms with E-state index in [1.807, 2.05) is 12.1 Å². The van der Waals surface area contributed by atoms with E-state index in [0.29, 0.717) is 23.9 Å². The maximum atomic E-state index is 15.0. The zero-order valence-electron chi connectivity index (χ0n) is 24.2. The number of aryl methyl sites for hydroxylation is 1. The normalized spacial score (nSPS) is 18.1. The van der Waals surface area contributed by atoms with Crippen LogP contribution in [0.5, 0.6) is 11.6 Å². The van der Waals surface area contributed by atoms with Crippen LogP contribution in [0.3, 0.4) is 0 Å². The number of nitrogens with zero attached hydrogens (tertiary/aromatic N) is 3. The number of pyridine rings is 2. The highest BCUT2D eigenvalue weighted by molar-refractivity contribution is 5.79. The smallest absolute Gasteiger partial charge is 0.213 e. The van der Waals surface area contributed by atoms with Gasteiger partial charge >= 0.3 is 0 Å². The Labute approximate surface area is 236 Å². The molecule has 1 aromatic carbocycles. The average molecular weight is 546 g/mol. The number of ether oxygens (including phenoxy) is 2. The first-order valence-electron chi connectivity index (χ1n) is 14.5. The first kappa shape index (κ1) is 28.2. The number of aromatic nitrogens is 2. The maximum absolute atomic E-state index is 15.0. The number of carbonyl (C=O) groups is 1. The minimum absolute atomic E-state index is 0.00556. The van der Waals surface area contributed by atoms with E-state index in [2.05, 4.69) is 48.9 Å². The molecule has 0 amide bonds. The van der Waals surface area contributed by atoms with E-state index in [1.165, 1.54) is 37.3 Å². The van der Waals surface area contributed by atoms with Crippen LogP contribution in [-0.2, 0) is 17.8 Å². The Kier molecular flexibility index (Phi) is 8.50. The topological polar surface area (TPSA) is 64.6 Å². The van der Waals surface area contributed by atoms with E-state index in [1.54, 1.807) is 13.0 Å². The Morgan fingerprint density at radius 1 is 1.12 bits per heavy atom. The molecule has 1 aliphatic heterocycles. The van der Waals surface area contributed by atoms with Gasteiger partial charge in [0.2, 0.25) is 5.88 Å². The minimum atomic E-state index is -0.406. The molecule has 0 saturated heterocycles. The van der Waals surface area contributed by atoms with Gasteiger partial charge in [-0.25, -0.2) is 9.37 Å². The molecule has 2 aromatic heterocycles. The summed E-state index contributed by atoms with van der Waals surface area (Å²) >= 11 is 0. The lowest BCUT2D eigenvalue weighted by molar-refractivity contribution is -0.121. The fourth-order valence-corrected chi connectivity index (χ4v) is 5.94. The lowest BCUT2D eigenvalue weighted by Gasteiger charge is -2.29. The van der Waals surface area contributed by atoms with Crippen LogP contribution in [0, 0.1) is 17.7 Å². The molecule has 0 radical (unpaired) electrons. The molecule has 0 bridgehead atoms. The van der Waals surface area contributed by atoms with Gasteiger partial charge in [-0.1, -0.05) is 39.0 Å². The molecular weight excluding hydrogens is 505 g/mol. The third kappa shape index (κ3) is 5.90. The molecule has 40 heavy (non-hydrogen) atoms. The molecule has 2 aliphatic rings. The van der Waals surface area contributed by atoms with Gasteiger partial charge in [0.15, 0.2) is 0 Å². The van der Waals surface area contributed by atoms with Crippen LogP contribution in [0.15, 0.2) is 42.6 Å². The molecule has 1 unspecified atom stereocenters. The van der Waals surface area contributed by atoms with Crippen LogP contribution in [0.4, 0.5) is 4.39 Å². The zero-order chi connectivity index (χ0) is 28.4. The summed E-state index contributed by atoms with van der Waals surface area (Å²) in [6.45, 7) is 10.3. The third-order valence-corrected chi connectivity index (χ3v) is 8.65. The standard InChI is InChI=1S/C33H40FN3O3/c1-6-37(7-2)19-29-25(26-17-32(39-5)35-18-27(26)34)13-14-28(36-29)30-15-12-22-8-11-24(16-31(22)40-30)33(23-9-10-23)20(3)21(4)38/h8,11,13-14,16-18,20,23,30,33H,6-7,9-10,12,15,19H2,1-5H3/t20-,30?,33+/m1/s1. The number of methoxy groups -OCH3 is 1. The first-order chi connectivity index (χ1) is 19.3. The van der Waals surface area contributed by atoms with E-state index in [0.717, 1.165) is 48.6 Å². The van der Waals surface area contributed by atoms with Crippen LogP contribution in [-0.4, -0.2) is 40.9 Å². The first-order valence-corrected chi connectivity index (χ1v) is 14.5. The van der Waals surface area contributed by atoms with E-state index in [4.69, 9.17) is 14.5 Å². The van der Waals surface area contributed by atoms with E-state index in [-0.39, 0.29) is 23.7 Å². The molecule has 3 atom stereocenters. The third-order valence-electron chi connectivity index (χ3n) is 8.65. The predicted octanol–water partition coefficient (Wildman–Crippen LogP) is 6.92. The van der Waals surface area contributed by atoms with Gasteiger partial charge in [0.25, 0.3) is 0 Å². The number of ketones is 1. The summed E-state index contributed by atoms with van der Waals surface area (Å²) in [5, 5.41) is 0. The molecule has 0 N–H and O–H groups in total. The summed E-state index contributed by atoms with van der Waals surface area (Å²) in [4.78, 5) is 23.6. The van der Waals surface area contributed by atoms with Crippen LogP contribution in [0.2, 0.25) is 0 Å². The SMILES string of the molecule is CCN(CC)Cc1nc(C2CCc3ccc([C@H](C4CC4)[C@H](C)C(C)=O)cc3O2)ccc1-c1cc(OC)ncc1F. The number of hydrogen-bond acceptors (Lipinski definition) is 6.